The van der Waals surface area contributed by atoms with Crippen LogP contribution in [0.1, 0.15) is 30.5 Å². The van der Waals surface area contributed by atoms with Crippen molar-refractivity contribution in [2.45, 2.75) is 24.8 Å². The van der Waals surface area contributed by atoms with Gasteiger partial charge in [-0.3, -0.25) is 4.79 Å². The number of ether oxygens (including phenoxy) is 2. The molecule has 1 saturated carbocycles. The smallest absolute Gasteiger partial charge is 0.224 e. The van der Waals surface area contributed by atoms with Crippen molar-refractivity contribution in [2.75, 3.05) is 19.8 Å². The second-order valence-corrected chi connectivity index (χ2v) is 6.95. The number of aliphatic hydroxyl groups excluding tert-OH is 1. The fraction of sp³-hybridized carbons (Fsp3) is 0.400. The van der Waals surface area contributed by atoms with Crippen LogP contribution in [0.3, 0.4) is 0 Å². The summed E-state index contributed by atoms with van der Waals surface area (Å²) >= 11 is 0. The summed E-state index contributed by atoms with van der Waals surface area (Å²) in [6, 6.07) is 7.33. The normalized spacial score (nSPS) is 23.4. The molecule has 7 heteroatoms. The minimum absolute atomic E-state index is 0.177. The van der Waals surface area contributed by atoms with Gasteiger partial charge in [0.15, 0.2) is 0 Å². The molecular weight excluding hydrogens is 351 g/mol. The summed E-state index contributed by atoms with van der Waals surface area (Å²) in [5, 5.41) is 12.6. The molecule has 142 valence electrons. The molecule has 0 bridgehead atoms. The fourth-order valence-electron chi connectivity index (χ4n) is 3.75. The Bertz CT molecular complexity index is 858. The quantitative estimate of drug-likeness (QED) is 0.812. The van der Waals surface area contributed by atoms with Crippen LogP contribution in [-0.4, -0.2) is 35.8 Å². The van der Waals surface area contributed by atoms with Crippen LogP contribution < -0.4 is 14.8 Å². The number of aromatic nitrogens is 1. The van der Waals surface area contributed by atoms with Gasteiger partial charge in [0.25, 0.3) is 0 Å². The number of nitrogens with zero attached hydrogens (tertiary/aromatic N) is 1. The van der Waals surface area contributed by atoms with Crippen molar-refractivity contribution in [3.05, 3.63) is 53.5 Å². The molecule has 1 amide bonds. The molecule has 2 aromatic rings. The highest BCUT2D eigenvalue weighted by atomic mass is 19.1. The first kappa shape index (κ1) is 17.7. The molecule has 2 aliphatic rings. The van der Waals surface area contributed by atoms with E-state index in [4.69, 9.17) is 9.47 Å². The number of rotatable bonds is 6. The van der Waals surface area contributed by atoms with E-state index in [0.29, 0.717) is 36.8 Å². The number of benzene rings is 1. The van der Waals surface area contributed by atoms with Crippen LogP contribution in [0.25, 0.3) is 0 Å². The van der Waals surface area contributed by atoms with E-state index >= 15 is 0 Å². The molecule has 0 saturated heterocycles. The summed E-state index contributed by atoms with van der Waals surface area (Å²) in [6.45, 7) is 2.51. The van der Waals surface area contributed by atoms with Crippen molar-refractivity contribution in [1.29, 1.82) is 0 Å². The molecule has 2 N–H and O–H groups in total. The Hall–Kier alpha value is -2.67. The van der Waals surface area contributed by atoms with Gasteiger partial charge in [0.1, 0.15) is 11.6 Å². The number of halogens is 1. The molecule has 1 aliphatic heterocycles. The van der Waals surface area contributed by atoms with Crippen molar-refractivity contribution in [1.82, 2.24) is 10.3 Å². The largest absolute Gasteiger partial charge is 0.492 e. The molecule has 0 radical (unpaired) electrons. The van der Waals surface area contributed by atoms with Gasteiger partial charge in [-0.25, -0.2) is 9.37 Å². The predicted octanol–water partition coefficient (Wildman–Crippen LogP) is 2.12. The third-order valence-electron chi connectivity index (χ3n) is 5.31. The minimum Gasteiger partial charge on any atom is -0.492 e. The van der Waals surface area contributed by atoms with E-state index in [-0.39, 0.29) is 24.2 Å². The molecule has 1 spiro atoms. The zero-order chi connectivity index (χ0) is 19.0. The van der Waals surface area contributed by atoms with E-state index in [2.05, 4.69) is 10.3 Å². The lowest BCUT2D eigenvalue weighted by atomic mass is 9.95. The summed E-state index contributed by atoms with van der Waals surface area (Å²) in [4.78, 5) is 16.9. The van der Waals surface area contributed by atoms with Crippen molar-refractivity contribution in [2.24, 2.45) is 5.92 Å². The average molecular weight is 372 g/mol. The third kappa shape index (κ3) is 3.12. The molecule has 2 heterocycles. The summed E-state index contributed by atoms with van der Waals surface area (Å²) in [6.07, 6.45) is 2.19. The van der Waals surface area contributed by atoms with Crippen LogP contribution in [0.4, 0.5) is 4.39 Å². The third-order valence-corrected chi connectivity index (χ3v) is 5.31. The Kier molecular flexibility index (Phi) is 4.47. The molecule has 1 aromatic carbocycles. The van der Waals surface area contributed by atoms with Gasteiger partial charge in [0, 0.05) is 23.2 Å². The number of carbonyl (C=O) groups is 1. The van der Waals surface area contributed by atoms with Crippen LogP contribution >= 0.6 is 0 Å². The van der Waals surface area contributed by atoms with E-state index in [1.807, 2.05) is 6.92 Å². The van der Waals surface area contributed by atoms with Gasteiger partial charge in [-0.2, -0.15) is 0 Å². The number of hydrogen-bond acceptors (Lipinski definition) is 5. The first-order valence-electron chi connectivity index (χ1n) is 9.00. The van der Waals surface area contributed by atoms with Crippen LogP contribution in [0, 0.1) is 11.7 Å². The Morgan fingerprint density at radius 3 is 3.04 bits per heavy atom. The number of amides is 1. The van der Waals surface area contributed by atoms with E-state index in [1.165, 1.54) is 12.1 Å². The Morgan fingerprint density at radius 1 is 1.48 bits per heavy atom. The predicted molar refractivity (Wildman–Crippen MR) is 95.1 cm³/mol. The SMILES string of the molecule is CCOc1ccc([C@H](CO)NC(=O)C2CC23COc2ccc(F)cc23)cn1. The Morgan fingerprint density at radius 2 is 2.33 bits per heavy atom. The van der Waals surface area contributed by atoms with Crippen molar-refractivity contribution in [3.8, 4) is 11.6 Å². The number of pyridine rings is 1. The molecular formula is C20H21FN2O4. The summed E-state index contributed by atoms with van der Waals surface area (Å²) in [5.74, 6) is 0.320. The summed E-state index contributed by atoms with van der Waals surface area (Å²) in [5.41, 5.74) is 0.988. The first-order valence-corrected chi connectivity index (χ1v) is 9.00. The fourth-order valence-corrected chi connectivity index (χ4v) is 3.75. The lowest BCUT2D eigenvalue weighted by Gasteiger charge is -2.18. The Balaban J connectivity index is 1.46. The minimum atomic E-state index is -0.562. The van der Waals surface area contributed by atoms with Gasteiger partial charge in [0.2, 0.25) is 11.8 Å². The highest BCUT2D eigenvalue weighted by Crippen LogP contribution is 2.60. The van der Waals surface area contributed by atoms with Crippen LogP contribution in [0.2, 0.25) is 0 Å². The molecule has 1 aromatic heterocycles. The van der Waals surface area contributed by atoms with E-state index in [9.17, 15) is 14.3 Å². The van der Waals surface area contributed by atoms with Gasteiger partial charge in [-0.1, -0.05) is 0 Å². The summed E-state index contributed by atoms with van der Waals surface area (Å²) in [7, 11) is 0. The van der Waals surface area contributed by atoms with Gasteiger partial charge >= 0.3 is 0 Å². The Labute approximate surface area is 156 Å². The molecule has 27 heavy (non-hydrogen) atoms. The molecule has 1 aliphatic carbocycles. The number of nitrogens with one attached hydrogen (secondary N) is 1. The zero-order valence-corrected chi connectivity index (χ0v) is 14.9. The number of aliphatic hydroxyl groups is 1. The van der Waals surface area contributed by atoms with E-state index in [1.54, 1.807) is 24.4 Å². The average Bonchev–Trinajstić information content (AvgIpc) is 3.31. The number of carbonyl (C=O) groups excluding carboxylic acids is 1. The standard InChI is InChI=1S/C20H21FN2O4/c1-2-26-18-6-3-12(9-22-18)16(10-24)23-19(25)15-8-20(15)11-27-17-5-4-13(21)7-14(17)20/h3-7,9,15-16,24H,2,8,10-11H2,1H3,(H,23,25)/t15?,16-,20?/m0/s1. The van der Waals surface area contributed by atoms with E-state index < -0.39 is 11.5 Å². The molecule has 1 fully saturated rings. The molecule has 2 unspecified atom stereocenters. The second-order valence-electron chi connectivity index (χ2n) is 6.95. The maximum atomic E-state index is 13.6. The molecule has 6 nitrogen and oxygen atoms in total. The van der Waals surface area contributed by atoms with Crippen LogP contribution in [-0.2, 0) is 10.2 Å². The van der Waals surface area contributed by atoms with Gasteiger partial charge < -0.3 is 19.9 Å². The monoisotopic (exact) mass is 372 g/mol. The maximum absolute atomic E-state index is 13.6. The van der Waals surface area contributed by atoms with Gasteiger partial charge in [-0.15, -0.1) is 0 Å². The highest BCUT2D eigenvalue weighted by Gasteiger charge is 2.63. The summed E-state index contributed by atoms with van der Waals surface area (Å²) < 4.78 is 24.6. The second kappa shape index (κ2) is 6.81. The number of fused-ring (bicyclic) bond motifs is 2. The lowest BCUT2D eigenvalue weighted by Crippen LogP contribution is -2.34. The first-order chi connectivity index (χ1) is 13.1. The topological polar surface area (TPSA) is 80.7 Å². The van der Waals surface area contributed by atoms with Crippen LogP contribution in [0.15, 0.2) is 36.5 Å². The zero-order valence-electron chi connectivity index (χ0n) is 14.9. The van der Waals surface area contributed by atoms with Crippen molar-refractivity contribution >= 4 is 5.91 Å². The maximum Gasteiger partial charge on any atom is 0.224 e. The van der Waals surface area contributed by atoms with Crippen molar-refractivity contribution in [3.63, 3.8) is 0 Å². The lowest BCUT2D eigenvalue weighted by molar-refractivity contribution is -0.123. The van der Waals surface area contributed by atoms with E-state index in [0.717, 1.165) is 5.56 Å². The van der Waals surface area contributed by atoms with Gasteiger partial charge in [0.05, 0.1) is 31.8 Å². The van der Waals surface area contributed by atoms with Gasteiger partial charge in [-0.05, 0) is 43.2 Å². The van der Waals surface area contributed by atoms with Crippen molar-refractivity contribution < 1.29 is 23.8 Å². The molecule has 3 atom stereocenters. The van der Waals surface area contributed by atoms with Crippen LogP contribution in [0.5, 0.6) is 11.6 Å². The number of hydrogen-bond donors (Lipinski definition) is 2. The highest BCUT2D eigenvalue weighted by molar-refractivity contribution is 5.85. The molecule has 4 rings (SSSR count).